The standard InChI is InChI=1S/C26H38N2O3/c1-4-5-6-10-15-25(29)28(19-22(2)3)21-26(30)27(20-24-14-11-18-31-24)17-16-23-12-8-7-9-13-23/h7-9,11-14,18,22H,4-6,10,15-17,19-21H2,1-3H3. The van der Waals surface area contributed by atoms with Crippen molar-refractivity contribution in [2.24, 2.45) is 5.92 Å². The van der Waals surface area contributed by atoms with E-state index in [-0.39, 0.29) is 18.4 Å². The number of hydrogen-bond donors (Lipinski definition) is 0. The molecule has 0 aliphatic heterocycles. The minimum atomic E-state index is -0.0325. The molecule has 1 aromatic carbocycles. The summed E-state index contributed by atoms with van der Waals surface area (Å²) in [6, 6.07) is 13.9. The third-order valence-electron chi connectivity index (χ3n) is 5.30. The van der Waals surface area contributed by atoms with Crippen LogP contribution >= 0.6 is 0 Å². The maximum absolute atomic E-state index is 13.3. The fourth-order valence-corrected chi connectivity index (χ4v) is 3.61. The topological polar surface area (TPSA) is 53.8 Å². The van der Waals surface area contributed by atoms with Crippen LogP contribution in [0.4, 0.5) is 0 Å². The normalized spacial score (nSPS) is 11.0. The number of carbonyl (C=O) groups is 2. The Morgan fingerprint density at radius 2 is 1.71 bits per heavy atom. The molecule has 0 spiro atoms. The highest BCUT2D eigenvalue weighted by Crippen LogP contribution is 2.12. The summed E-state index contributed by atoms with van der Waals surface area (Å²) in [4.78, 5) is 29.6. The highest BCUT2D eigenvalue weighted by Gasteiger charge is 2.22. The first-order chi connectivity index (χ1) is 15.0. The fourth-order valence-electron chi connectivity index (χ4n) is 3.61. The Kier molecular flexibility index (Phi) is 10.9. The predicted molar refractivity (Wildman–Crippen MR) is 124 cm³/mol. The molecule has 0 radical (unpaired) electrons. The second kappa shape index (κ2) is 13.7. The zero-order valence-electron chi connectivity index (χ0n) is 19.4. The van der Waals surface area contributed by atoms with Crippen LogP contribution in [0.1, 0.15) is 64.2 Å². The van der Waals surface area contributed by atoms with Crippen LogP contribution in [0, 0.1) is 5.92 Å². The Bertz CT molecular complexity index is 756. The van der Waals surface area contributed by atoms with Crippen molar-refractivity contribution in [3.05, 3.63) is 60.1 Å². The SMILES string of the molecule is CCCCCCC(=O)N(CC(=O)N(CCc1ccccc1)Cc1ccco1)CC(C)C. The van der Waals surface area contributed by atoms with E-state index in [1.54, 1.807) is 11.2 Å². The summed E-state index contributed by atoms with van der Waals surface area (Å²) in [5.74, 6) is 1.12. The van der Waals surface area contributed by atoms with Crippen LogP contribution in [0.5, 0.6) is 0 Å². The van der Waals surface area contributed by atoms with E-state index >= 15 is 0 Å². The third-order valence-corrected chi connectivity index (χ3v) is 5.30. The monoisotopic (exact) mass is 426 g/mol. The molecule has 2 rings (SSSR count). The molecule has 0 N–H and O–H groups in total. The molecule has 2 amide bonds. The van der Waals surface area contributed by atoms with Gasteiger partial charge in [-0.1, -0.05) is 70.4 Å². The van der Waals surface area contributed by atoms with Gasteiger partial charge in [-0.15, -0.1) is 0 Å². The lowest BCUT2D eigenvalue weighted by atomic mass is 10.1. The predicted octanol–water partition coefficient (Wildman–Crippen LogP) is 5.31. The first-order valence-corrected chi connectivity index (χ1v) is 11.6. The molecule has 0 atom stereocenters. The molecular weight excluding hydrogens is 388 g/mol. The smallest absolute Gasteiger partial charge is 0.242 e. The van der Waals surface area contributed by atoms with Crippen molar-refractivity contribution in [3.8, 4) is 0 Å². The van der Waals surface area contributed by atoms with Gasteiger partial charge in [0, 0.05) is 19.5 Å². The zero-order chi connectivity index (χ0) is 22.5. The summed E-state index contributed by atoms with van der Waals surface area (Å²) in [6.45, 7) is 8.05. The van der Waals surface area contributed by atoms with Gasteiger partial charge in [0.25, 0.3) is 0 Å². The van der Waals surface area contributed by atoms with Gasteiger partial charge in [0.05, 0.1) is 19.4 Å². The molecule has 5 nitrogen and oxygen atoms in total. The lowest BCUT2D eigenvalue weighted by Gasteiger charge is -2.28. The molecule has 1 aromatic heterocycles. The van der Waals surface area contributed by atoms with Gasteiger partial charge in [-0.2, -0.15) is 0 Å². The number of carbonyl (C=O) groups excluding carboxylic acids is 2. The maximum atomic E-state index is 13.3. The summed E-state index contributed by atoms with van der Waals surface area (Å²) >= 11 is 0. The van der Waals surface area contributed by atoms with E-state index in [0.717, 1.165) is 37.9 Å². The maximum Gasteiger partial charge on any atom is 0.242 e. The molecule has 0 unspecified atom stereocenters. The zero-order valence-corrected chi connectivity index (χ0v) is 19.4. The van der Waals surface area contributed by atoms with Gasteiger partial charge in [0.2, 0.25) is 11.8 Å². The van der Waals surface area contributed by atoms with Crippen molar-refractivity contribution < 1.29 is 14.0 Å². The van der Waals surface area contributed by atoms with Gasteiger partial charge in [0.1, 0.15) is 5.76 Å². The Balaban J connectivity index is 2.03. The molecule has 0 aliphatic carbocycles. The number of unbranched alkanes of at least 4 members (excludes halogenated alkanes) is 3. The quantitative estimate of drug-likeness (QED) is 0.385. The van der Waals surface area contributed by atoms with Crippen molar-refractivity contribution in [3.63, 3.8) is 0 Å². The molecule has 0 aliphatic rings. The van der Waals surface area contributed by atoms with E-state index in [2.05, 4.69) is 32.9 Å². The van der Waals surface area contributed by atoms with E-state index < -0.39 is 0 Å². The highest BCUT2D eigenvalue weighted by molar-refractivity contribution is 5.84. The van der Waals surface area contributed by atoms with Crippen LogP contribution in [-0.4, -0.2) is 41.2 Å². The van der Waals surface area contributed by atoms with Gasteiger partial charge in [-0.3, -0.25) is 9.59 Å². The third kappa shape index (κ3) is 9.41. The molecule has 0 saturated heterocycles. The molecule has 31 heavy (non-hydrogen) atoms. The summed E-state index contributed by atoms with van der Waals surface area (Å²) < 4.78 is 5.48. The molecule has 0 saturated carbocycles. The van der Waals surface area contributed by atoms with Crippen LogP contribution in [0.15, 0.2) is 53.1 Å². The Morgan fingerprint density at radius 3 is 2.35 bits per heavy atom. The molecular formula is C26H38N2O3. The molecule has 170 valence electrons. The summed E-state index contributed by atoms with van der Waals surface area (Å²) in [6.07, 6.45) is 7.15. The average molecular weight is 427 g/mol. The van der Waals surface area contributed by atoms with Crippen LogP contribution in [-0.2, 0) is 22.6 Å². The Labute approximate surface area is 187 Å². The van der Waals surface area contributed by atoms with Crippen LogP contribution in [0.25, 0.3) is 0 Å². The van der Waals surface area contributed by atoms with E-state index in [4.69, 9.17) is 4.42 Å². The summed E-state index contributed by atoms with van der Waals surface area (Å²) in [5.41, 5.74) is 1.19. The van der Waals surface area contributed by atoms with Gasteiger partial charge in [0.15, 0.2) is 0 Å². The van der Waals surface area contributed by atoms with Gasteiger partial charge in [-0.25, -0.2) is 0 Å². The lowest BCUT2D eigenvalue weighted by molar-refractivity contribution is -0.141. The average Bonchev–Trinajstić information content (AvgIpc) is 3.27. The number of rotatable bonds is 14. The van der Waals surface area contributed by atoms with E-state index in [9.17, 15) is 9.59 Å². The summed E-state index contributed by atoms with van der Waals surface area (Å²) in [7, 11) is 0. The fraction of sp³-hybridized carbons (Fsp3) is 0.538. The number of amides is 2. The van der Waals surface area contributed by atoms with Crippen molar-refractivity contribution in [2.45, 2.75) is 65.8 Å². The van der Waals surface area contributed by atoms with Crippen molar-refractivity contribution in [1.29, 1.82) is 0 Å². The van der Waals surface area contributed by atoms with Gasteiger partial charge in [-0.05, 0) is 36.5 Å². The largest absolute Gasteiger partial charge is 0.467 e. The Morgan fingerprint density at radius 1 is 0.935 bits per heavy atom. The number of furan rings is 1. The van der Waals surface area contributed by atoms with Crippen molar-refractivity contribution >= 4 is 11.8 Å². The van der Waals surface area contributed by atoms with Crippen LogP contribution in [0.3, 0.4) is 0 Å². The van der Waals surface area contributed by atoms with Gasteiger partial charge < -0.3 is 14.2 Å². The minimum Gasteiger partial charge on any atom is -0.467 e. The molecule has 0 bridgehead atoms. The number of nitrogens with zero attached hydrogens (tertiary/aromatic N) is 2. The molecule has 0 fully saturated rings. The Hall–Kier alpha value is -2.56. The van der Waals surface area contributed by atoms with E-state index in [1.165, 1.54) is 5.56 Å². The van der Waals surface area contributed by atoms with Crippen LogP contribution in [0.2, 0.25) is 0 Å². The lowest BCUT2D eigenvalue weighted by Crippen LogP contribution is -2.44. The second-order valence-electron chi connectivity index (χ2n) is 8.61. The first-order valence-electron chi connectivity index (χ1n) is 11.6. The van der Waals surface area contributed by atoms with E-state index in [0.29, 0.717) is 32.0 Å². The van der Waals surface area contributed by atoms with Crippen molar-refractivity contribution in [1.82, 2.24) is 9.80 Å². The highest BCUT2D eigenvalue weighted by atomic mass is 16.3. The van der Waals surface area contributed by atoms with Gasteiger partial charge >= 0.3 is 0 Å². The number of hydrogen-bond acceptors (Lipinski definition) is 3. The van der Waals surface area contributed by atoms with Crippen molar-refractivity contribution in [2.75, 3.05) is 19.6 Å². The first kappa shape index (κ1) is 24.7. The number of benzene rings is 1. The summed E-state index contributed by atoms with van der Waals surface area (Å²) in [5, 5.41) is 0. The molecule has 5 heteroatoms. The minimum absolute atomic E-state index is 0.0325. The molecule has 1 heterocycles. The van der Waals surface area contributed by atoms with E-state index in [1.807, 2.05) is 35.2 Å². The second-order valence-corrected chi connectivity index (χ2v) is 8.61. The van der Waals surface area contributed by atoms with Crippen LogP contribution < -0.4 is 0 Å². The molecule has 2 aromatic rings.